The van der Waals surface area contributed by atoms with E-state index >= 15 is 0 Å². The van der Waals surface area contributed by atoms with Gasteiger partial charge in [-0.1, -0.05) is 17.7 Å². The molecular formula is C14H17ClN2O. The average molecular weight is 265 g/mol. The van der Waals surface area contributed by atoms with Crippen molar-refractivity contribution in [2.24, 2.45) is 0 Å². The van der Waals surface area contributed by atoms with Crippen LogP contribution in [0.1, 0.15) is 36.0 Å². The molecule has 3 nitrogen and oxygen atoms in total. The predicted molar refractivity (Wildman–Crippen MR) is 71.9 cm³/mol. The van der Waals surface area contributed by atoms with Crippen molar-refractivity contribution >= 4 is 17.5 Å². The summed E-state index contributed by atoms with van der Waals surface area (Å²) in [4.78, 5) is 12.1. The van der Waals surface area contributed by atoms with E-state index in [1.54, 1.807) is 18.2 Å². The van der Waals surface area contributed by atoms with Crippen LogP contribution in [0.3, 0.4) is 0 Å². The van der Waals surface area contributed by atoms with Gasteiger partial charge in [-0.3, -0.25) is 4.79 Å². The Labute approximate surface area is 112 Å². The molecule has 0 aromatic heterocycles. The number of hydrogen-bond donors (Lipinski definition) is 2. The SMILES string of the molecule is O=C(NC1CC2CCC(C1)N2)c1cccc(Cl)c1. The third kappa shape index (κ3) is 2.52. The summed E-state index contributed by atoms with van der Waals surface area (Å²) >= 11 is 5.90. The zero-order valence-corrected chi connectivity index (χ0v) is 10.9. The maximum absolute atomic E-state index is 12.1. The molecular weight excluding hydrogens is 248 g/mol. The lowest BCUT2D eigenvalue weighted by molar-refractivity contribution is 0.0924. The normalized spacial score (nSPS) is 30.2. The topological polar surface area (TPSA) is 41.1 Å². The molecule has 2 aliphatic heterocycles. The first-order chi connectivity index (χ1) is 8.70. The molecule has 2 heterocycles. The fraction of sp³-hybridized carbons (Fsp3) is 0.500. The molecule has 0 spiro atoms. The molecule has 2 aliphatic rings. The number of rotatable bonds is 2. The number of nitrogens with one attached hydrogen (secondary N) is 2. The second-order valence-electron chi connectivity index (χ2n) is 5.29. The van der Waals surface area contributed by atoms with Crippen molar-refractivity contribution in [2.45, 2.75) is 43.8 Å². The van der Waals surface area contributed by atoms with Crippen LogP contribution in [0.15, 0.2) is 24.3 Å². The number of benzene rings is 1. The molecule has 1 aromatic carbocycles. The Morgan fingerprint density at radius 1 is 1.28 bits per heavy atom. The van der Waals surface area contributed by atoms with Gasteiger partial charge in [0.1, 0.15) is 0 Å². The van der Waals surface area contributed by atoms with Gasteiger partial charge in [-0.05, 0) is 43.9 Å². The fourth-order valence-electron chi connectivity index (χ4n) is 3.07. The number of fused-ring (bicyclic) bond motifs is 2. The zero-order chi connectivity index (χ0) is 12.5. The van der Waals surface area contributed by atoms with Gasteiger partial charge in [0.25, 0.3) is 5.91 Å². The minimum Gasteiger partial charge on any atom is -0.349 e. The summed E-state index contributed by atoms with van der Waals surface area (Å²) in [6.45, 7) is 0. The van der Waals surface area contributed by atoms with Gasteiger partial charge < -0.3 is 10.6 Å². The number of piperidine rings is 1. The molecule has 0 saturated carbocycles. The van der Waals surface area contributed by atoms with Crippen LogP contribution >= 0.6 is 11.6 Å². The van der Waals surface area contributed by atoms with E-state index in [4.69, 9.17) is 11.6 Å². The molecule has 2 unspecified atom stereocenters. The summed E-state index contributed by atoms with van der Waals surface area (Å²) in [5.41, 5.74) is 0.647. The molecule has 2 bridgehead atoms. The maximum Gasteiger partial charge on any atom is 0.251 e. The van der Waals surface area contributed by atoms with Gasteiger partial charge in [0, 0.05) is 28.7 Å². The Balaban J connectivity index is 1.64. The largest absolute Gasteiger partial charge is 0.349 e. The van der Waals surface area contributed by atoms with Crippen molar-refractivity contribution in [3.05, 3.63) is 34.9 Å². The van der Waals surface area contributed by atoms with Crippen LogP contribution in [0.2, 0.25) is 5.02 Å². The van der Waals surface area contributed by atoms with Gasteiger partial charge in [0.05, 0.1) is 0 Å². The van der Waals surface area contributed by atoms with E-state index < -0.39 is 0 Å². The van der Waals surface area contributed by atoms with Crippen LogP contribution in [0.5, 0.6) is 0 Å². The van der Waals surface area contributed by atoms with Crippen LogP contribution in [-0.2, 0) is 0 Å². The molecule has 18 heavy (non-hydrogen) atoms. The highest BCUT2D eigenvalue weighted by Crippen LogP contribution is 2.27. The summed E-state index contributed by atoms with van der Waals surface area (Å²) in [6, 6.07) is 8.59. The number of carbonyl (C=O) groups is 1. The van der Waals surface area contributed by atoms with Crippen LogP contribution in [0.25, 0.3) is 0 Å². The summed E-state index contributed by atoms with van der Waals surface area (Å²) in [5, 5.41) is 7.30. The van der Waals surface area contributed by atoms with Crippen LogP contribution in [-0.4, -0.2) is 24.0 Å². The van der Waals surface area contributed by atoms with Gasteiger partial charge in [0.2, 0.25) is 0 Å². The van der Waals surface area contributed by atoms with E-state index in [2.05, 4.69) is 10.6 Å². The van der Waals surface area contributed by atoms with Gasteiger partial charge in [-0.25, -0.2) is 0 Å². The van der Waals surface area contributed by atoms with Gasteiger partial charge in [0.15, 0.2) is 0 Å². The average Bonchev–Trinajstić information content (AvgIpc) is 2.69. The number of carbonyl (C=O) groups excluding carboxylic acids is 1. The number of hydrogen-bond acceptors (Lipinski definition) is 2. The van der Waals surface area contributed by atoms with Gasteiger partial charge in [-0.15, -0.1) is 0 Å². The Morgan fingerprint density at radius 2 is 2.00 bits per heavy atom. The maximum atomic E-state index is 12.1. The Kier molecular flexibility index (Phi) is 3.27. The first kappa shape index (κ1) is 12.0. The minimum atomic E-state index is -0.0104. The van der Waals surface area contributed by atoms with E-state index in [1.807, 2.05) is 6.07 Å². The Morgan fingerprint density at radius 3 is 2.67 bits per heavy atom. The fourth-order valence-corrected chi connectivity index (χ4v) is 3.26. The second-order valence-corrected chi connectivity index (χ2v) is 5.73. The third-order valence-electron chi connectivity index (χ3n) is 3.90. The third-order valence-corrected chi connectivity index (χ3v) is 4.13. The quantitative estimate of drug-likeness (QED) is 0.861. The number of halogens is 1. The molecule has 1 aromatic rings. The molecule has 2 fully saturated rings. The van der Waals surface area contributed by atoms with Crippen molar-refractivity contribution < 1.29 is 4.79 Å². The summed E-state index contributed by atoms with van der Waals surface area (Å²) in [5.74, 6) is -0.0104. The number of amides is 1. The molecule has 96 valence electrons. The van der Waals surface area contributed by atoms with Crippen LogP contribution in [0, 0.1) is 0 Å². The first-order valence-electron chi connectivity index (χ1n) is 6.53. The Bertz CT molecular complexity index is 451. The van der Waals surface area contributed by atoms with Crippen molar-refractivity contribution in [3.63, 3.8) is 0 Å². The summed E-state index contributed by atoms with van der Waals surface area (Å²) in [7, 11) is 0. The highest BCUT2D eigenvalue weighted by molar-refractivity contribution is 6.30. The smallest absolute Gasteiger partial charge is 0.251 e. The van der Waals surface area contributed by atoms with Crippen molar-refractivity contribution in [3.8, 4) is 0 Å². The molecule has 1 amide bonds. The van der Waals surface area contributed by atoms with Crippen LogP contribution in [0.4, 0.5) is 0 Å². The molecule has 2 saturated heterocycles. The summed E-state index contributed by atoms with van der Waals surface area (Å²) in [6.07, 6.45) is 4.58. The van der Waals surface area contributed by atoms with E-state index in [0.717, 1.165) is 12.8 Å². The highest BCUT2D eigenvalue weighted by atomic mass is 35.5. The highest BCUT2D eigenvalue weighted by Gasteiger charge is 2.34. The summed E-state index contributed by atoms with van der Waals surface area (Å²) < 4.78 is 0. The Hall–Kier alpha value is -1.06. The van der Waals surface area contributed by atoms with E-state index in [1.165, 1.54) is 12.8 Å². The molecule has 3 rings (SSSR count). The molecule has 0 radical (unpaired) electrons. The lowest BCUT2D eigenvalue weighted by Crippen LogP contribution is -2.48. The zero-order valence-electron chi connectivity index (χ0n) is 10.2. The predicted octanol–water partition coefficient (Wildman–Crippen LogP) is 2.35. The molecule has 2 atom stereocenters. The van der Waals surface area contributed by atoms with E-state index in [-0.39, 0.29) is 5.91 Å². The van der Waals surface area contributed by atoms with Crippen LogP contribution < -0.4 is 10.6 Å². The van der Waals surface area contributed by atoms with Crippen molar-refractivity contribution in [2.75, 3.05) is 0 Å². The molecule has 4 heteroatoms. The van der Waals surface area contributed by atoms with Gasteiger partial charge in [-0.2, -0.15) is 0 Å². The van der Waals surface area contributed by atoms with E-state index in [9.17, 15) is 4.79 Å². The minimum absolute atomic E-state index is 0.0104. The standard InChI is InChI=1S/C14H17ClN2O/c15-10-3-1-2-9(6-10)14(18)17-13-7-11-4-5-12(8-13)16-11/h1-3,6,11-13,16H,4-5,7-8H2,(H,17,18). The monoisotopic (exact) mass is 264 g/mol. The van der Waals surface area contributed by atoms with Crippen molar-refractivity contribution in [1.82, 2.24) is 10.6 Å². The lowest BCUT2D eigenvalue weighted by Gasteiger charge is -2.29. The molecule has 2 N–H and O–H groups in total. The second kappa shape index (κ2) is 4.90. The van der Waals surface area contributed by atoms with E-state index in [0.29, 0.717) is 28.7 Å². The molecule has 0 aliphatic carbocycles. The first-order valence-corrected chi connectivity index (χ1v) is 6.91. The lowest BCUT2D eigenvalue weighted by atomic mass is 9.99. The van der Waals surface area contributed by atoms with Crippen molar-refractivity contribution in [1.29, 1.82) is 0 Å². The van der Waals surface area contributed by atoms with Gasteiger partial charge >= 0.3 is 0 Å².